The first-order valence-corrected chi connectivity index (χ1v) is 13.5. The second-order valence-corrected chi connectivity index (χ2v) is 16.3. The third-order valence-electron chi connectivity index (χ3n) is 5.74. The molecule has 0 unspecified atom stereocenters. The molecule has 132 valence electrons. The first-order valence-electron chi connectivity index (χ1n) is 9.65. The molecule has 0 amide bonds. The van der Waals surface area contributed by atoms with E-state index in [1.165, 1.54) is 23.1 Å². The van der Waals surface area contributed by atoms with Crippen molar-refractivity contribution < 1.29 is 21.3 Å². The van der Waals surface area contributed by atoms with Crippen LogP contribution < -0.4 is 0 Å². The van der Waals surface area contributed by atoms with Gasteiger partial charge in [0.15, 0.2) is 0 Å². The fourth-order valence-corrected chi connectivity index (χ4v) is 12.7. The number of rotatable bonds is 2. The molecule has 0 aromatic heterocycles. The summed E-state index contributed by atoms with van der Waals surface area (Å²) in [6, 6.07) is 18.3. The zero-order chi connectivity index (χ0) is 18.5. The van der Waals surface area contributed by atoms with E-state index in [0.717, 1.165) is 0 Å². The molecule has 0 N–H and O–H groups in total. The Morgan fingerprint density at radius 2 is 1.42 bits per heavy atom. The Kier molecular flexibility index (Phi) is 4.64. The van der Waals surface area contributed by atoms with Gasteiger partial charge in [-0.25, -0.2) is 0 Å². The molecule has 0 atom stereocenters. The van der Waals surface area contributed by atoms with Gasteiger partial charge in [-0.2, -0.15) is 0 Å². The van der Waals surface area contributed by atoms with Crippen LogP contribution in [0.4, 0.5) is 0 Å². The molecule has 0 spiro atoms. The second kappa shape index (κ2) is 6.68. The molecule has 0 fully saturated rings. The summed E-state index contributed by atoms with van der Waals surface area (Å²) in [6.45, 7) is 11.8. The fraction of sp³-hybridized carbons (Fsp3) is 0.320. The van der Waals surface area contributed by atoms with Crippen LogP contribution >= 0.6 is 0 Å². The molecule has 0 aliphatic heterocycles. The molecule has 2 aliphatic rings. The molecule has 0 radical (unpaired) electrons. The maximum atomic E-state index is 2.57. The average Bonchev–Trinajstić information content (AvgIpc) is 3.20. The van der Waals surface area contributed by atoms with E-state index in [0.29, 0.717) is 3.63 Å². The van der Waals surface area contributed by atoms with Gasteiger partial charge >= 0.3 is 166 Å². The molecule has 1 heteroatoms. The van der Waals surface area contributed by atoms with Crippen LogP contribution in [0.15, 0.2) is 69.5 Å². The summed E-state index contributed by atoms with van der Waals surface area (Å²) < 4.78 is 4.11. The predicted octanol–water partition coefficient (Wildman–Crippen LogP) is 6.85. The number of hydrogen-bond acceptors (Lipinski definition) is 0. The third-order valence-corrected chi connectivity index (χ3v) is 13.9. The van der Waals surface area contributed by atoms with Crippen LogP contribution in [0.5, 0.6) is 0 Å². The van der Waals surface area contributed by atoms with Gasteiger partial charge in [0.2, 0.25) is 0 Å². The zero-order valence-electron chi connectivity index (χ0n) is 16.6. The van der Waals surface area contributed by atoms with Crippen LogP contribution in [-0.4, -0.2) is 3.21 Å². The van der Waals surface area contributed by atoms with Crippen molar-refractivity contribution in [2.45, 2.75) is 44.7 Å². The number of allylic oxidation sites excluding steroid dienone is 4. The molecule has 0 saturated heterocycles. The van der Waals surface area contributed by atoms with Crippen LogP contribution in [0.25, 0.3) is 11.1 Å². The summed E-state index contributed by atoms with van der Waals surface area (Å²) in [6.07, 6.45) is 6.24. The quantitative estimate of drug-likeness (QED) is 0.499. The van der Waals surface area contributed by atoms with E-state index >= 15 is 0 Å². The molecular weight excluding hydrogens is 391 g/mol. The predicted molar refractivity (Wildman–Crippen MR) is 110 cm³/mol. The molecule has 0 heterocycles. The Morgan fingerprint density at radius 3 is 1.88 bits per heavy atom. The zero-order valence-corrected chi connectivity index (χ0v) is 19.0. The summed E-state index contributed by atoms with van der Waals surface area (Å²) in [5.74, 6) is 0. The molecule has 2 aromatic carbocycles. The van der Waals surface area contributed by atoms with Gasteiger partial charge in [0.1, 0.15) is 0 Å². The van der Waals surface area contributed by atoms with Gasteiger partial charge in [-0.3, -0.25) is 0 Å². The van der Waals surface area contributed by atoms with Crippen molar-refractivity contribution in [3.8, 4) is 11.1 Å². The van der Waals surface area contributed by atoms with Gasteiger partial charge in [0.05, 0.1) is 0 Å². The van der Waals surface area contributed by atoms with Gasteiger partial charge < -0.3 is 0 Å². The normalized spacial score (nSPS) is 16.0. The van der Waals surface area contributed by atoms with Crippen LogP contribution in [0.3, 0.4) is 0 Å². The Morgan fingerprint density at radius 1 is 0.885 bits per heavy atom. The number of benzene rings is 2. The summed E-state index contributed by atoms with van der Waals surface area (Å²) in [4.78, 5) is 0. The first kappa shape index (κ1) is 18.1. The van der Waals surface area contributed by atoms with E-state index < -0.39 is 21.3 Å². The van der Waals surface area contributed by atoms with E-state index in [1.54, 1.807) is 17.6 Å². The third kappa shape index (κ3) is 2.99. The number of fused-ring (bicyclic) bond motifs is 3. The first-order chi connectivity index (χ1) is 12.4. The molecule has 0 saturated carbocycles. The Bertz CT molecular complexity index is 914. The van der Waals surface area contributed by atoms with Crippen LogP contribution in [0, 0.1) is 5.41 Å². The van der Waals surface area contributed by atoms with Crippen molar-refractivity contribution in [3.63, 3.8) is 0 Å². The van der Waals surface area contributed by atoms with Crippen molar-refractivity contribution in [2.24, 2.45) is 5.41 Å². The van der Waals surface area contributed by atoms with Gasteiger partial charge in [-0.15, -0.1) is 0 Å². The minimum absolute atomic E-state index is 0.253. The fourth-order valence-electron chi connectivity index (χ4n) is 4.50. The molecule has 26 heavy (non-hydrogen) atoms. The van der Waals surface area contributed by atoms with Gasteiger partial charge in [-0.05, 0) is 0 Å². The van der Waals surface area contributed by atoms with Crippen molar-refractivity contribution in [1.29, 1.82) is 0 Å². The van der Waals surface area contributed by atoms with Gasteiger partial charge in [0, 0.05) is 0 Å². The van der Waals surface area contributed by atoms with Crippen molar-refractivity contribution >= 4 is 3.21 Å². The molecule has 0 nitrogen and oxygen atoms in total. The molecule has 0 bridgehead atoms. The van der Waals surface area contributed by atoms with Gasteiger partial charge in [0.25, 0.3) is 0 Å². The monoisotopic (exact) mass is 418 g/mol. The summed E-state index contributed by atoms with van der Waals surface area (Å²) in [5.41, 5.74) is 7.88. The van der Waals surface area contributed by atoms with Crippen LogP contribution in [0.2, 0.25) is 0 Å². The number of hydrogen-bond donors (Lipinski definition) is 0. The van der Waals surface area contributed by atoms with Crippen molar-refractivity contribution in [3.05, 3.63) is 80.7 Å². The maximum absolute atomic E-state index is 2.57. The van der Waals surface area contributed by atoms with E-state index in [1.807, 2.05) is 0 Å². The minimum atomic E-state index is -1.99. The van der Waals surface area contributed by atoms with E-state index in [-0.39, 0.29) is 5.41 Å². The van der Waals surface area contributed by atoms with Crippen LogP contribution in [0.1, 0.15) is 55.8 Å². The van der Waals surface area contributed by atoms with E-state index in [4.69, 9.17) is 0 Å². The molecular formula is C25H28Zr. The van der Waals surface area contributed by atoms with E-state index in [2.05, 4.69) is 95.3 Å². The van der Waals surface area contributed by atoms with Crippen molar-refractivity contribution in [1.82, 2.24) is 0 Å². The summed E-state index contributed by atoms with van der Waals surface area (Å²) in [5, 5.41) is 0. The standard InChI is InChI=1S/C13H9.C9H13.C3H6.Zr/c1-3-7-12-10(5-1)9-11-6-2-4-8-13(11)12;1-9(2,3)8-6-4-5-7-8;1-3-2;/h1-9H;6-7H,4H2,1-3H3;1-2H3;. The summed E-state index contributed by atoms with van der Waals surface area (Å²) >= 11 is -1.99. The SMILES string of the molecule is C[C](C)=[Zr]([C]1=CC(C(C)(C)C)=CC1)[CH]1c2ccccc2-c2ccccc21. The average molecular weight is 420 g/mol. The topological polar surface area (TPSA) is 0 Å². The van der Waals surface area contributed by atoms with Gasteiger partial charge in [-0.1, -0.05) is 0 Å². The molecule has 2 aliphatic carbocycles. The van der Waals surface area contributed by atoms with Crippen LogP contribution in [-0.2, 0) is 21.3 Å². The second-order valence-electron chi connectivity index (χ2n) is 8.80. The van der Waals surface area contributed by atoms with Crippen molar-refractivity contribution in [2.75, 3.05) is 0 Å². The Balaban J connectivity index is 1.87. The Hall–Kier alpha value is -1.33. The Labute approximate surface area is 165 Å². The molecule has 2 aromatic rings. The molecule has 4 rings (SSSR count). The summed E-state index contributed by atoms with van der Waals surface area (Å²) in [7, 11) is 0. The van der Waals surface area contributed by atoms with E-state index in [9.17, 15) is 0 Å².